The summed E-state index contributed by atoms with van der Waals surface area (Å²) in [6, 6.07) is 13.1. The van der Waals surface area contributed by atoms with Gasteiger partial charge in [-0.15, -0.1) is 0 Å². The molecule has 3 heterocycles. The van der Waals surface area contributed by atoms with Gasteiger partial charge in [0, 0.05) is 25.5 Å². The van der Waals surface area contributed by atoms with Gasteiger partial charge in [-0.3, -0.25) is 14.6 Å². The van der Waals surface area contributed by atoms with Gasteiger partial charge in [0.2, 0.25) is 5.91 Å². The highest BCUT2D eigenvalue weighted by molar-refractivity contribution is 6.06. The van der Waals surface area contributed by atoms with Crippen LogP contribution >= 0.6 is 0 Å². The van der Waals surface area contributed by atoms with Crippen molar-refractivity contribution in [3.63, 3.8) is 0 Å². The summed E-state index contributed by atoms with van der Waals surface area (Å²) in [5, 5.41) is 2.94. The summed E-state index contributed by atoms with van der Waals surface area (Å²) < 4.78 is 6.31. The highest BCUT2D eigenvalue weighted by Crippen LogP contribution is 2.30. The lowest BCUT2D eigenvalue weighted by molar-refractivity contribution is -0.133. The van der Waals surface area contributed by atoms with Crippen molar-refractivity contribution in [2.45, 2.75) is 32.1 Å². The molecule has 0 aliphatic carbocycles. The summed E-state index contributed by atoms with van der Waals surface area (Å²) in [4.78, 5) is 48.8. The van der Waals surface area contributed by atoms with Gasteiger partial charge < -0.3 is 19.5 Å². The molecule has 1 aromatic carbocycles. The number of pyridine rings is 1. The van der Waals surface area contributed by atoms with E-state index in [1.807, 2.05) is 36.4 Å². The van der Waals surface area contributed by atoms with Gasteiger partial charge in [0.25, 0.3) is 5.91 Å². The summed E-state index contributed by atoms with van der Waals surface area (Å²) in [6.07, 6.45) is 4.67. The third-order valence-corrected chi connectivity index (χ3v) is 5.59. The molecule has 0 unspecified atom stereocenters. The second kappa shape index (κ2) is 8.62. The zero-order chi connectivity index (χ0) is 22.7. The van der Waals surface area contributed by atoms with Crippen LogP contribution in [0.4, 0.5) is 0 Å². The summed E-state index contributed by atoms with van der Waals surface area (Å²) in [5.74, 6) is -1.49. The molecule has 164 valence electrons. The van der Waals surface area contributed by atoms with Crippen LogP contribution in [0, 0.1) is 0 Å². The van der Waals surface area contributed by atoms with Crippen molar-refractivity contribution in [2.75, 3.05) is 7.11 Å². The third-order valence-electron chi connectivity index (χ3n) is 5.59. The maximum Gasteiger partial charge on any atom is 0.359 e. The van der Waals surface area contributed by atoms with E-state index in [0.29, 0.717) is 6.54 Å². The highest BCUT2D eigenvalue weighted by atomic mass is 16.5. The molecule has 1 aliphatic rings. The molecule has 1 N–H and O–H groups in total. The Morgan fingerprint density at radius 3 is 2.59 bits per heavy atom. The fraction of sp³-hybridized carbons (Fsp3) is 0.261. The summed E-state index contributed by atoms with van der Waals surface area (Å²) >= 11 is 0. The number of hydrogen-bond donors (Lipinski definition) is 1. The van der Waals surface area contributed by atoms with Gasteiger partial charge >= 0.3 is 5.97 Å². The zero-order valence-corrected chi connectivity index (χ0v) is 17.8. The molecule has 32 heavy (non-hydrogen) atoms. The van der Waals surface area contributed by atoms with Crippen LogP contribution in [0.15, 0.2) is 61.2 Å². The Hall–Kier alpha value is -4.01. The van der Waals surface area contributed by atoms with Crippen LogP contribution < -0.4 is 5.32 Å². The van der Waals surface area contributed by atoms with Gasteiger partial charge in [-0.25, -0.2) is 9.78 Å². The zero-order valence-electron chi connectivity index (χ0n) is 17.8. The summed E-state index contributed by atoms with van der Waals surface area (Å²) in [7, 11) is 1.23. The number of fused-ring (bicyclic) bond motifs is 1. The fourth-order valence-corrected chi connectivity index (χ4v) is 3.82. The third kappa shape index (κ3) is 3.84. The molecule has 0 saturated heterocycles. The van der Waals surface area contributed by atoms with Gasteiger partial charge in [0.1, 0.15) is 11.2 Å². The smallest absolute Gasteiger partial charge is 0.359 e. The van der Waals surface area contributed by atoms with E-state index < -0.39 is 17.4 Å². The molecule has 1 aliphatic heterocycles. The van der Waals surface area contributed by atoms with Crippen molar-refractivity contribution in [2.24, 2.45) is 0 Å². The molecule has 9 heteroatoms. The Kier molecular flexibility index (Phi) is 5.72. The maximum absolute atomic E-state index is 13.6. The number of nitrogens with one attached hydrogen (secondary N) is 1. The van der Waals surface area contributed by atoms with Crippen LogP contribution in [0.3, 0.4) is 0 Å². The van der Waals surface area contributed by atoms with Gasteiger partial charge in [-0.2, -0.15) is 0 Å². The average Bonchev–Trinajstić information content (AvgIpc) is 3.24. The first-order chi connectivity index (χ1) is 15.4. The molecule has 0 fully saturated rings. The number of aromatic nitrogens is 3. The standard InChI is InChI=1S/C23H23N5O4/c1-23(22(31)25-12-16-7-4-3-5-8-16)14-27-15-26-18(21(30)32-2)19(27)20(29)28(23)13-17-9-6-10-24-11-17/h3-11,15H,12-14H2,1-2H3,(H,25,31)/t23-/m1/s1. The lowest BCUT2D eigenvalue weighted by atomic mass is 9.93. The Bertz CT molecular complexity index is 1150. The molecule has 2 aromatic heterocycles. The topological polar surface area (TPSA) is 106 Å². The maximum atomic E-state index is 13.6. The number of methoxy groups -OCH3 is 1. The number of hydrogen-bond acceptors (Lipinski definition) is 6. The van der Waals surface area contributed by atoms with E-state index in [1.165, 1.54) is 22.9 Å². The first-order valence-electron chi connectivity index (χ1n) is 10.1. The first kappa shape index (κ1) is 21.2. The molecule has 9 nitrogen and oxygen atoms in total. The van der Waals surface area contributed by atoms with Crippen molar-refractivity contribution < 1.29 is 19.1 Å². The lowest BCUT2D eigenvalue weighted by Crippen LogP contribution is -2.63. The Morgan fingerprint density at radius 1 is 1.16 bits per heavy atom. The van der Waals surface area contributed by atoms with Gasteiger partial charge in [0.05, 0.1) is 20.0 Å². The Labute approximate surface area is 185 Å². The van der Waals surface area contributed by atoms with Crippen molar-refractivity contribution in [1.82, 2.24) is 24.8 Å². The molecule has 1 atom stereocenters. The Balaban J connectivity index is 1.69. The van der Waals surface area contributed by atoms with Crippen molar-refractivity contribution >= 4 is 17.8 Å². The van der Waals surface area contributed by atoms with Crippen molar-refractivity contribution in [1.29, 1.82) is 0 Å². The number of benzene rings is 1. The van der Waals surface area contributed by atoms with Crippen LogP contribution in [0.2, 0.25) is 0 Å². The van der Waals surface area contributed by atoms with Crippen LogP contribution in [0.25, 0.3) is 0 Å². The van der Waals surface area contributed by atoms with E-state index >= 15 is 0 Å². The Morgan fingerprint density at radius 2 is 1.91 bits per heavy atom. The fourth-order valence-electron chi connectivity index (χ4n) is 3.82. The molecule has 0 saturated carbocycles. The minimum atomic E-state index is -1.22. The van der Waals surface area contributed by atoms with Gasteiger partial charge in [-0.1, -0.05) is 36.4 Å². The van der Waals surface area contributed by atoms with Crippen molar-refractivity contribution in [3.05, 3.63) is 83.7 Å². The molecule has 2 amide bonds. The van der Waals surface area contributed by atoms with Crippen LogP contribution in [-0.2, 0) is 29.2 Å². The summed E-state index contributed by atoms with van der Waals surface area (Å²) in [6.45, 7) is 2.32. The average molecular weight is 433 g/mol. The van der Waals surface area contributed by atoms with Crippen LogP contribution in [0.1, 0.15) is 39.0 Å². The number of ether oxygens (including phenoxy) is 1. The van der Waals surface area contributed by atoms with E-state index in [9.17, 15) is 14.4 Å². The van der Waals surface area contributed by atoms with E-state index in [0.717, 1.165) is 11.1 Å². The number of rotatable bonds is 6. The number of imidazole rings is 1. The monoisotopic (exact) mass is 433 g/mol. The van der Waals surface area contributed by atoms with E-state index in [2.05, 4.69) is 15.3 Å². The van der Waals surface area contributed by atoms with Crippen molar-refractivity contribution in [3.8, 4) is 0 Å². The van der Waals surface area contributed by atoms with Gasteiger partial charge in [0.15, 0.2) is 5.69 Å². The minimum Gasteiger partial charge on any atom is -0.464 e. The van der Waals surface area contributed by atoms with Gasteiger partial charge in [-0.05, 0) is 24.1 Å². The number of carbonyl (C=O) groups excluding carboxylic acids is 3. The second-order valence-electron chi connectivity index (χ2n) is 7.76. The normalized spacial score (nSPS) is 17.6. The number of esters is 1. The second-order valence-corrected chi connectivity index (χ2v) is 7.76. The van der Waals surface area contributed by atoms with E-state index in [1.54, 1.807) is 25.4 Å². The number of amides is 2. The van der Waals surface area contributed by atoms with E-state index in [-0.39, 0.29) is 30.4 Å². The minimum absolute atomic E-state index is 0.0690. The predicted molar refractivity (Wildman–Crippen MR) is 114 cm³/mol. The molecule has 0 spiro atoms. The number of nitrogens with zero attached hydrogens (tertiary/aromatic N) is 4. The first-order valence-corrected chi connectivity index (χ1v) is 10.1. The molecule has 4 rings (SSSR count). The van der Waals surface area contributed by atoms with Crippen LogP contribution in [0.5, 0.6) is 0 Å². The number of carbonyl (C=O) groups is 3. The highest BCUT2D eigenvalue weighted by Gasteiger charge is 2.48. The summed E-state index contributed by atoms with van der Waals surface area (Å²) in [5.41, 5.74) is 0.523. The molecule has 3 aromatic rings. The molecule has 0 bridgehead atoms. The lowest BCUT2D eigenvalue weighted by Gasteiger charge is -2.43. The van der Waals surface area contributed by atoms with E-state index in [4.69, 9.17) is 4.74 Å². The quantitative estimate of drug-likeness (QED) is 0.594. The molecule has 0 radical (unpaired) electrons. The molecular weight excluding hydrogens is 410 g/mol. The van der Waals surface area contributed by atoms with Crippen LogP contribution in [-0.4, -0.2) is 49.9 Å². The SMILES string of the molecule is COC(=O)c1ncn2c1C(=O)N(Cc1cccnc1)[C@@](C)(C(=O)NCc1ccccc1)C2. The predicted octanol–water partition coefficient (Wildman–Crippen LogP) is 1.80. The largest absolute Gasteiger partial charge is 0.464 e. The molecular formula is C23H23N5O4.